The molecular formula is C12H16INO2. The van der Waals surface area contributed by atoms with Crippen molar-refractivity contribution in [1.29, 1.82) is 0 Å². The molecule has 88 valence electrons. The first kappa shape index (κ1) is 13.3. The molecule has 1 aromatic carbocycles. The molecule has 0 saturated carbocycles. The summed E-state index contributed by atoms with van der Waals surface area (Å²) >= 11 is 2.16. The van der Waals surface area contributed by atoms with Crippen LogP contribution >= 0.6 is 22.6 Å². The number of ether oxygens (including phenoxy) is 1. The Labute approximate surface area is 110 Å². The van der Waals surface area contributed by atoms with Gasteiger partial charge in [-0.2, -0.15) is 0 Å². The second-order valence-electron chi connectivity index (χ2n) is 3.63. The van der Waals surface area contributed by atoms with E-state index in [1.54, 1.807) is 13.2 Å². The van der Waals surface area contributed by atoms with Gasteiger partial charge in [-0.15, -0.1) is 0 Å². The third-order valence-corrected chi connectivity index (χ3v) is 3.25. The van der Waals surface area contributed by atoms with Crippen LogP contribution in [-0.4, -0.2) is 19.1 Å². The van der Waals surface area contributed by atoms with E-state index in [4.69, 9.17) is 4.74 Å². The summed E-state index contributed by atoms with van der Waals surface area (Å²) in [6.45, 7) is 4.04. The maximum atomic E-state index is 11.8. The lowest BCUT2D eigenvalue weighted by atomic mass is 10.2. The first-order valence-electron chi connectivity index (χ1n) is 5.22. The fourth-order valence-corrected chi connectivity index (χ4v) is 1.95. The number of carbonyl (C=O) groups excluding carboxylic acids is 1. The van der Waals surface area contributed by atoms with Crippen molar-refractivity contribution in [2.45, 2.75) is 26.3 Å². The molecule has 1 atom stereocenters. The predicted molar refractivity (Wildman–Crippen MR) is 72.9 cm³/mol. The third-order valence-electron chi connectivity index (χ3n) is 2.40. The lowest BCUT2D eigenvalue weighted by Crippen LogP contribution is -2.31. The molecule has 0 aromatic heterocycles. The number of nitrogens with one attached hydrogen (secondary N) is 1. The summed E-state index contributed by atoms with van der Waals surface area (Å²) in [7, 11) is 1.62. The Bertz CT molecular complexity index is 379. The van der Waals surface area contributed by atoms with E-state index in [9.17, 15) is 4.79 Å². The summed E-state index contributed by atoms with van der Waals surface area (Å²) < 4.78 is 6.08. The molecule has 1 N–H and O–H groups in total. The van der Waals surface area contributed by atoms with Crippen LogP contribution in [0, 0.1) is 3.57 Å². The summed E-state index contributed by atoms with van der Waals surface area (Å²) in [5.41, 5.74) is 0.672. The van der Waals surface area contributed by atoms with Gasteiger partial charge in [0.15, 0.2) is 0 Å². The normalized spacial score (nSPS) is 12.0. The lowest BCUT2D eigenvalue weighted by molar-refractivity contribution is 0.0939. The first-order chi connectivity index (χ1) is 7.58. The molecule has 0 aliphatic carbocycles. The van der Waals surface area contributed by atoms with Crippen molar-refractivity contribution in [3.8, 4) is 5.75 Å². The topological polar surface area (TPSA) is 38.3 Å². The van der Waals surface area contributed by atoms with E-state index in [-0.39, 0.29) is 11.9 Å². The molecule has 1 rings (SSSR count). The maximum Gasteiger partial charge on any atom is 0.251 e. The van der Waals surface area contributed by atoms with Gasteiger partial charge in [-0.05, 0) is 54.1 Å². The van der Waals surface area contributed by atoms with Crippen molar-refractivity contribution >= 4 is 28.5 Å². The van der Waals surface area contributed by atoms with Crippen LogP contribution in [0.3, 0.4) is 0 Å². The number of amides is 1. The SMILES string of the molecule is CCC(C)NC(=O)c1ccc(OC)c(I)c1. The van der Waals surface area contributed by atoms with Crippen LogP contribution in [0.25, 0.3) is 0 Å². The first-order valence-corrected chi connectivity index (χ1v) is 6.30. The Balaban J connectivity index is 2.81. The van der Waals surface area contributed by atoms with Gasteiger partial charge in [0.2, 0.25) is 0 Å². The molecule has 1 amide bonds. The van der Waals surface area contributed by atoms with Gasteiger partial charge in [-0.25, -0.2) is 0 Å². The largest absolute Gasteiger partial charge is 0.496 e. The molecule has 0 radical (unpaired) electrons. The molecule has 16 heavy (non-hydrogen) atoms. The monoisotopic (exact) mass is 333 g/mol. The predicted octanol–water partition coefficient (Wildman–Crippen LogP) is 2.83. The van der Waals surface area contributed by atoms with Gasteiger partial charge in [0.1, 0.15) is 5.75 Å². The number of halogens is 1. The molecule has 4 heteroatoms. The van der Waals surface area contributed by atoms with Gasteiger partial charge in [0.05, 0.1) is 10.7 Å². The number of carbonyl (C=O) groups is 1. The van der Waals surface area contributed by atoms with Crippen molar-refractivity contribution in [3.63, 3.8) is 0 Å². The Morgan fingerprint density at radius 3 is 2.75 bits per heavy atom. The maximum absolute atomic E-state index is 11.8. The Kier molecular flexibility index (Phi) is 5.05. The average Bonchev–Trinajstić information content (AvgIpc) is 2.28. The number of benzene rings is 1. The molecule has 0 fully saturated rings. The standard InChI is InChI=1S/C12H16INO2/c1-4-8(2)14-12(15)9-5-6-11(16-3)10(13)7-9/h5-8H,4H2,1-3H3,(H,14,15). The summed E-state index contributed by atoms with van der Waals surface area (Å²) in [5, 5.41) is 2.93. The van der Waals surface area contributed by atoms with Crippen LogP contribution in [0.4, 0.5) is 0 Å². The zero-order chi connectivity index (χ0) is 12.1. The van der Waals surface area contributed by atoms with E-state index >= 15 is 0 Å². The zero-order valence-electron chi connectivity index (χ0n) is 9.71. The second kappa shape index (κ2) is 6.08. The summed E-state index contributed by atoms with van der Waals surface area (Å²) in [6, 6.07) is 5.62. The van der Waals surface area contributed by atoms with Crippen molar-refractivity contribution in [3.05, 3.63) is 27.3 Å². The van der Waals surface area contributed by atoms with Crippen molar-refractivity contribution in [1.82, 2.24) is 5.32 Å². The van der Waals surface area contributed by atoms with Crippen molar-refractivity contribution < 1.29 is 9.53 Å². The molecule has 0 aliphatic rings. The van der Waals surface area contributed by atoms with Gasteiger partial charge in [-0.3, -0.25) is 4.79 Å². The number of hydrogen-bond donors (Lipinski definition) is 1. The highest BCUT2D eigenvalue weighted by molar-refractivity contribution is 14.1. The van der Waals surface area contributed by atoms with Crippen LogP contribution in [0.5, 0.6) is 5.75 Å². The Hall–Kier alpha value is -0.780. The minimum atomic E-state index is -0.0325. The third kappa shape index (κ3) is 3.37. The summed E-state index contributed by atoms with van der Waals surface area (Å²) in [5.74, 6) is 0.760. The van der Waals surface area contributed by atoms with Crippen molar-refractivity contribution in [2.24, 2.45) is 0 Å². The molecule has 0 aliphatic heterocycles. The van der Waals surface area contributed by atoms with E-state index < -0.39 is 0 Å². The summed E-state index contributed by atoms with van der Waals surface area (Å²) in [6.07, 6.45) is 0.930. The molecule has 0 spiro atoms. The van der Waals surface area contributed by atoms with Gasteiger partial charge in [-0.1, -0.05) is 6.92 Å². The molecule has 0 heterocycles. The van der Waals surface area contributed by atoms with Crippen LogP contribution in [-0.2, 0) is 0 Å². The van der Waals surface area contributed by atoms with E-state index in [0.29, 0.717) is 5.56 Å². The van der Waals surface area contributed by atoms with Crippen LogP contribution < -0.4 is 10.1 Å². The lowest BCUT2D eigenvalue weighted by Gasteiger charge is -2.12. The highest BCUT2D eigenvalue weighted by Gasteiger charge is 2.10. The molecule has 1 aromatic rings. The Morgan fingerprint density at radius 1 is 1.56 bits per heavy atom. The quantitative estimate of drug-likeness (QED) is 0.861. The van der Waals surface area contributed by atoms with Crippen LogP contribution in [0.15, 0.2) is 18.2 Å². The zero-order valence-corrected chi connectivity index (χ0v) is 11.9. The fraction of sp³-hybridized carbons (Fsp3) is 0.417. The molecule has 0 bridgehead atoms. The van der Waals surface area contributed by atoms with Crippen molar-refractivity contribution in [2.75, 3.05) is 7.11 Å². The van der Waals surface area contributed by atoms with E-state index in [2.05, 4.69) is 27.9 Å². The molecule has 0 saturated heterocycles. The minimum Gasteiger partial charge on any atom is -0.496 e. The minimum absolute atomic E-state index is 0.0325. The second-order valence-corrected chi connectivity index (χ2v) is 4.79. The highest BCUT2D eigenvalue weighted by Crippen LogP contribution is 2.21. The van der Waals surface area contributed by atoms with Gasteiger partial charge < -0.3 is 10.1 Å². The molecule has 1 unspecified atom stereocenters. The van der Waals surface area contributed by atoms with Gasteiger partial charge in [0.25, 0.3) is 5.91 Å². The van der Waals surface area contributed by atoms with Crippen LogP contribution in [0.2, 0.25) is 0 Å². The highest BCUT2D eigenvalue weighted by atomic mass is 127. The van der Waals surface area contributed by atoms with Gasteiger partial charge in [0, 0.05) is 11.6 Å². The fourth-order valence-electron chi connectivity index (χ4n) is 1.22. The number of hydrogen-bond acceptors (Lipinski definition) is 2. The van der Waals surface area contributed by atoms with E-state index in [0.717, 1.165) is 15.7 Å². The van der Waals surface area contributed by atoms with E-state index in [1.165, 1.54) is 0 Å². The smallest absolute Gasteiger partial charge is 0.251 e. The Morgan fingerprint density at radius 2 is 2.25 bits per heavy atom. The summed E-state index contributed by atoms with van der Waals surface area (Å²) in [4.78, 5) is 11.8. The molecule has 3 nitrogen and oxygen atoms in total. The average molecular weight is 333 g/mol. The van der Waals surface area contributed by atoms with Gasteiger partial charge >= 0.3 is 0 Å². The van der Waals surface area contributed by atoms with Crippen LogP contribution in [0.1, 0.15) is 30.6 Å². The number of rotatable bonds is 4. The molecular weight excluding hydrogens is 317 g/mol. The number of methoxy groups -OCH3 is 1. The van der Waals surface area contributed by atoms with E-state index in [1.807, 2.05) is 26.0 Å².